The van der Waals surface area contributed by atoms with Gasteiger partial charge >= 0.3 is 0 Å². The summed E-state index contributed by atoms with van der Waals surface area (Å²) in [5.74, 6) is 1.28. The lowest BCUT2D eigenvalue weighted by atomic mass is 9.83. The fourth-order valence-electron chi connectivity index (χ4n) is 3.54. The highest BCUT2D eigenvalue weighted by Crippen LogP contribution is 2.44. The number of hydrogen-bond acceptors (Lipinski definition) is 2. The van der Waals surface area contributed by atoms with Crippen LogP contribution in [0, 0.1) is 0 Å². The highest BCUT2D eigenvalue weighted by molar-refractivity contribution is 6.31. The maximum atomic E-state index is 6.14. The van der Waals surface area contributed by atoms with Gasteiger partial charge in [-0.05, 0) is 50.4 Å². The Morgan fingerprint density at radius 1 is 1.45 bits per heavy atom. The molecule has 1 aromatic carbocycles. The van der Waals surface area contributed by atoms with Crippen molar-refractivity contribution in [1.29, 1.82) is 0 Å². The van der Waals surface area contributed by atoms with Gasteiger partial charge in [0.1, 0.15) is 5.82 Å². The summed E-state index contributed by atoms with van der Waals surface area (Å²) in [4.78, 5) is 5.00. The van der Waals surface area contributed by atoms with Crippen molar-refractivity contribution in [3.8, 4) is 0 Å². The van der Waals surface area contributed by atoms with Crippen molar-refractivity contribution < 1.29 is 0 Å². The lowest BCUT2D eigenvalue weighted by molar-refractivity contribution is 0.406. The zero-order chi connectivity index (χ0) is 13.7. The van der Waals surface area contributed by atoms with Gasteiger partial charge < -0.3 is 9.88 Å². The van der Waals surface area contributed by atoms with E-state index in [0.29, 0.717) is 6.04 Å². The predicted octanol–water partition coefficient (Wildman–Crippen LogP) is 3.67. The molecule has 1 unspecified atom stereocenters. The zero-order valence-corrected chi connectivity index (χ0v) is 12.6. The molecule has 1 saturated heterocycles. The van der Waals surface area contributed by atoms with Gasteiger partial charge in [0.05, 0.1) is 11.0 Å². The van der Waals surface area contributed by atoms with Gasteiger partial charge in [-0.2, -0.15) is 0 Å². The van der Waals surface area contributed by atoms with Crippen LogP contribution in [0.15, 0.2) is 18.2 Å². The average molecular weight is 290 g/mol. The third-order valence-electron chi connectivity index (χ3n) is 4.96. The van der Waals surface area contributed by atoms with E-state index in [1.165, 1.54) is 30.6 Å². The van der Waals surface area contributed by atoms with Crippen LogP contribution in [0.25, 0.3) is 11.0 Å². The average Bonchev–Trinajstić information content (AvgIpc) is 3.04. The van der Waals surface area contributed by atoms with Gasteiger partial charge in [-0.15, -0.1) is 0 Å². The van der Waals surface area contributed by atoms with Crippen LogP contribution < -0.4 is 5.32 Å². The Labute approximate surface area is 124 Å². The first-order valence-electron chi connectivity index (χ1n) is 7.62. The molecule has 0 radical (unpaired) electrons. The van der Waals surface area contributed by atoms with Crippen molar-refractivity contribution in [2.45, 2.75) is 44.1 Å². The molecule has 1 aliphatic carbocycles. The molecule has 4 heteroatoms. The molecule has 0 bridgehead atoms. The summed E-state index contributed by atoms with van der Waals surface area (Å²) < 4.78 is 2.50. The molecule has 3 nitrogen and oxygen atoms in total. The first-order valence-corrected chi connectivity index (χ1v) is 8.00. The van der Waals surface area contributed by atoms with Crippen molar-refractivity contribution in [3.63, 3.8) is 0 Å². The van der Waals surface area contributed by atoms with Gasteiger partial charge in [0.15, 0.2) is 0 Å². The Morgan fingerprint density at radius 3 is 2.95 bits per heavy atom. The Morgan fingerprint density at radius 2 is 2.30 bits per heavy atom. The lowest BCUT2D eigenvalue weighted by Crippen LogP contribution is -2.31. The predicted molar refractivity (Wildman–Crippen MR) is 82.5 cm³/mol. The van der Waals surface area contributed by atoms with Crippen LogP contribution in [-0.4, -0.2) is 22.6 Å². The molecule has 1 N–H and O–H groups in total. The Balaban J connectivity index is 1.95. The van der Waals surface area contributed by atoms with Crippen molar-refractivity contribution >= 4 is 22.6 Å². The minimum atomic E-state index is 0.202. The summed E-state index contributed by atoms with van der Waals surface area (Å²) in [7, 11) is 0. The zero-order valence-electron chi connectivity index (χ0n) is 11.8. The van der Waals surface area contributed by atoms with Crippen LogP contribution in [-0.2, 0) is 5.41 Å². The Hall–Kier alpha value is -1.06. The lowest BCUT2D eigenvalue weighted by Gasteiger charge is -2.27. The van der Waals surface area contributed by atoms with E-state index in [1.807, 2.05) is 12.1 Å². The summed E-state index contributed by atoms with van der Waals surface area (Å²) in [5.41, 5.74) is 2.51. The maximum absolute atomic E-state index is 6.14. The Bertz CT molecular complexity index is 651. The van der Waals surface area contributed by atoms with Gasteiger partial charge in [-0.1, -0.05) is 18.5 Å². The molecule has 2 fully saturated rings. The first kappa shape index (κ1) is 12.7. The first-order chi connectivity index (χ1) is 9.73. The van der Waals surface area contributed by atoms with E-state index in [4.69, 9.17) is 16.6 Å². The molecule has 1 saturated carbocycles. The largest absolute Gasteiger partial charge is 0.324 e. The van der Waals surface area contributed by atoms with E-state index < -0.39 is 0 Å². The van der Waals surface area contributed by atoms with E-state index in [0.717, 1.165) is 30.0 Å². The van der Waals surface area contributed by atoms with E-state index in [1.54, 1.807) is 0 Å². The molecule has 2 heterocycles. The van der Waals surface area contributed by atoms with Gasteiger partial charge in [0, 0.05) is 23.0 Å². The summed E-state index contributed by atoms with van der Waals surface area (Å²) in [6.07, 6.45) is 4.90. The number of rotatable bonds is 3. The van der Waals surface area contributed by atoms with Crippen LogP contribution in [0.5, 0.6) is 0 Å². The number of hydrogen-bond donors (Lipinski definition) is 1. The molecule has 1 aliphatic heterocycles. The fraction of sp³-hybridized carbons (Fsp3) is 0.562. The monoisotopic (exact) mass is 289 g/mol. The Kier molecular flexibility index (Phi) is 2.83. The van der Waals surface area contributed by atoms with Crippen LogP contribution >= 0.6 is 11.6 Å². The second kappa shape index (κ2) is 4.47. The molecule has 106 valence electrons. The highest BCUT2D eigenvalue weighted by Gasteiger charge is 2.41. The third kappa shape index (κ3) is 1.80. The van der Waals surface area contributed by atoms with Crippen molar-refractivity contribution in [2.75, 3.05) is 13.1 Å². The molecular weight excluding hydrogens is 270 g/mol. The van der Waals surface area contributed by atoms with Gasteiger partial charge in [-0.25, -0.2) is 4.98 Å². The van der Waals surface area contributed by atoms with Gasteiger partial charge in [-0.3, -0.25) is 0 Å². The number of halogens is 1. The second-order valence-electron chi connectivity index (χ2n) is 6.23. The highest BCUT2D eigenvalue weighted by atomic mass is 35.5. The molecule has 1 atom stereocenters. The normalized spacial score (nSPS) is 26.5. The minimum Gasteiger partial charge on any atom is -0.324 e. The number of nitrogens with zero attached hydrogens (tertiary/aromatic N) is 2. The van der Waals surface area contributed by atoms with Crippen molar-refractivity contribution in [1.82, 2.24) is 14.9 Å². The molecule has 0 amide bonds. The second-order valence-corrected chi connectivity index (χ2v) is 6.67. The quantitative estimate of drug-likeness (QED) is 0.934. The summed E-state index contributed by atoms with van der Waals surface area (Å²) >= 11 is 6.14. The van der Waals surface area contributed by atoms with Gasteiger partial charge in [0.2, 0.25) is 0 Å². The van der Waals surface area contributed by atoms with E-state index in [9.17, 15) is 0 Å². The smallest absolute Gasteiger partial charge is 0.117 e. The number of imidazole rings is 1. The number of aromatic nitrogens is 2. The van der Waals surface area contributed by atoms with E-state index in [-0.39, 0.29) is 5.41 Å². The minimum absolute atomic E-state index is 0.202. The van der Waals surface area contributed by atoms with Crippen LogP contribution in [0.3, 0.4) is 0 Å². The van der Waals surface area contributed by atoms with Crippen molar-refractivity contribution in [2.24, 2.45) is 0 Å². The molecule has 2 aromatic rings. The molecule has 0 spiro atoms. The molecule has 2 aliphatic rings. The molecule has 4 rings (SSSR count). The van der Waals surface area contributed by atoms with Crippen molar-refractivity contribution in [3.05, 3.63) is 29.0 Å². The van der Waals surface area contributed by atoms with E-state index >= 15 is 0 Å². The number of benzene rings is 1. The summed E-state index contributed by atoms with van der Waals surface area (Å²) in [6.45, 7) is 4.44. The standard InChI is InChI=1S/C16H20ClN3/c1-2-16(7-8-18-10-16)15-19-13-9-11(17)3-6-14(13)20(15)12-4-5-12/h3,6,9,12,18H,2,4-5,7-8,10H2,1H3. The van der Waals surface area contributed by atoms with Crippen LogP contribution in [0.1, 0.15) is 44.5 Å². The SMILES string of the molecule is CCC1(c2nc3cc(Cl)ccc3n2C2CC2)CCNC1. The molecule has 1 aromatic heterocycles. The topological polar surface area (TPSA) is 29.9 Å². The number of fused-ring (bicyclic) bond motifs is 1. The maximum Gasteiger partial charge on any atom is 0.117 e. The molecular formula is C16H20ClN3. The summed E-state index contributed by atoms with van der Waals surface area (Å²) in [6, 6.07) is 6.78. The fourth-order valence-corrected chi connectivity index (χ4v) is 3.71. The van der Waals surface area contributed by atoms with Crippen LogP contribution in [0.2, 0.25) is 5.02 Å². The van der Waals surface area contributed by atoms with Crippen LogP contribution in [0.4, 0.5) is 0 Å². The van der Waals surface area contributed by atoms with E-state index in [2.05, 4.69) is 22.9 Å². The molecule has 20 heavy (non-hydrogen) atoms. The number of nitrogens with one attached hydrogen (secondary N) is 1. The third-order valence-corrected chi connectivity index (χ3v) is 5.19. The summed E-state index contributed by atoms with van der Waals surface area (Å²) in [5, 5.41) is 4.30. The van der Waals surface area contributed by atoms with Gasteiger partial charge in [0.25, 0.3) is 0 Å².